The zero-order valence-corrected chi connectivity index (χ0v) is 35.7. The highest BCUT2D eigenvalue weighted by Gasteiger charge is 2.61. The highest BCUT2D eigenvalue weighted by atomic mass is 127. The summed E-state index contributed by atoms with van der Waals surface area (Å²) < 4.78 is 1.66. The largest absolute Gasteiger partial charge is 0.319 e. The average molecular weight is 975 g/mol. The topological polar surface area (TPSA) is 40.6 Å². The molecule has 0 unspecified atom stereocenters. The van der Waals surface area contributed by atoms with Gasteiger partial charge >= 0.3 is 0 Å². The third kappa shape index (κ3) is 4.84. The zero-order valence-electron chi connectivity index (χ0n) is 31.4. The van der Waals surface area contributed by atoms with Crippen molar-refractivity contribution in [2.75, 3.05) is 0 Å². The third-order valence-electron chi connectivity index (χ3n) is 13.1. The Morgan fingerprint density at radius 3 is 1.24 bits per heavy atom. The van der Waals surface area contributed by atoms with Crippen LogP contribution in [0.1, 0.15) is 67.5 Å². The first-order valence-corrected chi connectivity index (χ1v) is 21.9. The van der Waals surface area contributed by atoms with Crippen molar-refractivity contribution in [2.45, 2.75) is 36.0 Å². The van der Waals surface area contributed by atoms with Crippen LogP contribution in [0.15, 0.2) is 177 Å². The maximum absolute atomic E-state index is 13.6. The maximum atomic E-state index is 13.6. The van der Waals surface area contributed by atoms with Gasteiger partial charge in [-0.15, -0.1) is 0 Å². The van der Waals surface area contributed by atoms with E-state index in [1.54, 1.807) is 0 Å². The Bertz CT molecular complexity index is 2650. The quantitative estimate of drug-likeness (QED) is 0.162. The van der Waals surface area contributed by atoms with E-state index in [4.69, 9.17) is 0 Å². The minimum absolute atomic E-state index is 0.0915. The number of fused-ring (bicyclic) bond motifs is 6. The molecule has 280 valence electrons. The van der Waals surface area contributed by atoms with Gasteiger partial charge in [-0.3, -0.25) is 9.59 Å². The molecule has 4 atom stereocenters. The molecule has 6 heteroatoms. The van der Waals surface area contributed by atoms with Gasteiger partial charge < -0.3 is 9.80 Å². The molecule has 0 saturated heterocycles. The smallest absolute Gasteiger partial charge is 0.261 e. The molecule has 6 aromatic rings. The fourth-order valence-electron chi connectivity index (χ4n) is 10.8. The number of amides is 2. The lowest BCUT2D eigenvalue weighted by molar-refractivity contribution is -0.131. The molecule has 2 amide bonds. The molecule has 4 aliphatic heterocycles. The Hall–Kier alpha value is -5.32. The standard InChI is InChI=1S/2C26H18INO/c2*27-24-23(18-9-2-1-3-10-18)26-21-13-7-5-8-17(21)14-15-22(26)20-12-6-4-11-19(20)16-28(26)25(24)29/h2*1-15,22H,16H2/t2*22-,26-/m10/s1. The predicted octanol–water partition coefficient (Wildman–Crippen LogP) is 11.8. The number of rotatable bonds is 2. The lowest BCUT2D eigenvalue weighted by Crippen LogP contribution is -2.53. The molecular weight excluding hydrogens is 938 g/mol. The Balaban J connectivity index is 0.000000133. The highest BCUT2D eigenvalue weighted by molar-refractivity contribution is 14.1. The van der Waals surface area contributed by atoms with E-state index in [0.717, 1.165) is 29.4 Å². The van der Waals surface area contributed by atoms with E-state index in [2.05, 4.69) is 225 Å². The predicted molar refractivity (Wildman–Crippen MR) is 249 cm³/mol. The number of carbonyl (C=O) groups is 2. The van der Waals surface area contributed by atoms with Crippen molar-refractivity contribution in [3.63, 3.8) is 0 Å². The first kappa shape index (κ1) is 35.8. The van der Waals surface area contributed by atoms with Crippen molar-refractivity contribution in [1.29, 1.82) is 0 Å². The van der Waals surface area contributed by atoms with Crippen molar-refractivity contribution < 1.29 is 9.59 Å². The first-order valence-electron chi connectivity index (χ1n) is 19.7. The normalized spacial score (nSPS) is 24.1. The molecule has 6 aromatic carbocycles. The van der Waals surface area contributed by atoms with Gasteiger partial charge in [-0.05, 0) is 101 Å². The van der Waals surface area contributed by atoms with Crippen molar-refractivity contribution in [3.05, 3.63) is 233 Å². The summed E-state index contributed by atoms with van der Waals surface area (Å²) in [6, 6.07) is 55.1. The van der Waals surface area contributed by atoms with Gasteiger partial charge in [0.05, 0.1) is 7.16 Å². The summed E-state index contributed by atoms with van der Waals surface area (Å²) in [7, 11) is 0. The Labute approximate surface area is 365 Å². The van der Waals surface area contributed by atoms with Crippen LogP contribution in [0.25, 0.3) is 23.3 Å². The number of nitrogens with zero attached hydrogens (tertiary/aromatic N) is 2. The van der Waals surface area contributed by atoms with E-state index < -0.39 is 11.1 Å². The SMILES string of the molecule is O=C1C(I)=C(c2ccccc2)[C@@]23c4ccccc4C=C[C@@H]2c2ccccc2CN13.O=C1C(I)=C(c2ccccc2)[C@]23c4ccccc4C=C[C@H]2c2ccccc2CN13. The molecule has 4 nitrogen and oxygen atoms in total. The van der Waals surface area contributed by atoms with Crippen LogP contribution in [0.4, 0.5) is 0 Å². The molecule has 58 heavy (non-hydrogen) atoms. The summed E-state index contributed by atoms with van der Waals surface area (Å²) in [6.07, 6.45) is 9.06. The molecule has 0 aromatic heterocycles. The summed E-state index contributed by atoms with van der Waals surface area (Å²) >= 11 is 4.55. The van der Waals surface area contributed by atoms with Gasteiger partial charge in [0.2, 0.25) is 0 Å². The van der Waals surface area contributed by atoms with Crippen molar-refractivity contribution in [1.82, 2.24) is 9.80 Å². The molecule has 2 spiro atoms. The molecule has 0 fully saturated rings. The summed E-state index contributed by atoms with van der Waals surface area (Å²) in [6.45, 7) is 1.27. The minimum Gasteiger partial charge on any atom is -0.319 e. The summed E-state index contributed by atoms with van der Waals surface area (Å²) in [5.74, 6) is 0.450. The van der Waals surface area contributed by atoms with E-state index in [0.29, 0.717) is 13.1 Å². The molecule has 0 bridgehead atoms. The third-order valence-corrected chi connectivity index (χ3v) is 15.1. The van der Waals surface area contributed by atoms with Gasteiger partial charge in [0.1, 0.15) is 11.1 Å². The van der Waals surface area contributed by atoms with E-state index in [1.807, 2.05) is 12.1 Å². The minimum atomic E-state index is -0.505. The van der Waals surface area contributed by atoms with E-state index in [9.17, 15) is 9.59 Å². The second-order valence-electron chi connectivity index (χ2n) is 15.7. The second-order valence-corrected chi connectivity index (χ2v) is 17.8. The molecule has 0 radical (unpaired) electrons. The van der Waals surface area contributed by atoms with Crippen LogP contribution in [0.3, 0.4) is 0 Å². The lowest BCUT2D eigenvalue weighted by atomic mass is 9.62. The van der Waals surface area contributed by atoms with Crippen LogP contribution in [-0.4, -0.2) is 21.6 Å². The molecule has 12 rings (SSSR count). The van der Waals surface area contributed by atoms with Crippen LogP contribution in [0.2, 0.25) is 0 Å². The maximum Gasteiger partial charge on any atom is 0.261 e. The lowest BCUT2D eigenvalue weighted by Gasteiger charge is -2.52. The molecule has 0 saturated carbocycles. The summed E-state index contributed by atoms with van der Waals surface area (Å²) in [4.78, 5) is 31.5. The van der Waals surface area contributed by atoms with Crippen LogP contribution in [-0.2, 0) is 33.8 Å². The Morgan fingerprint density at radius 2 is 0.810 bits per heavy atom. The first-order chi connectivity index (χ1) is 28.5. The van der Waals surface area contributed by atoms with Crippen LogP contribution < -0.4 is 0 Å². The molecule has 2 aliphatic carbocycles. The number of hydrogen-bond donors (Lipinski definition) is 0. The van der Waals surface area contributed by atoms with E-state index >= 15 is 0 Å². The summed E-state index contributed by atoms with van der Waals surface area (Å²) in [5.41, 5.74) is 13.5. The second kappa shape index (κ2) is 13.6. The van der Waals surface area contributed by atoms with Gasteiger partial charge in [0, 0.05) is 36.1 Å². The van der Waals surface area contributed by atoms with Crippen LogP contribution >= 0.6 is 45.2 Å². The average Bonchev–Trinajstić information content (AvgIpc) is 3.63. The van der Waals surface area contributed by atoms with Crippen molar-refractivity contribution >= 4 is 80.3 Å². The highest BCUT2D eigenvalue weighted by Crippen LogP contribution is 2.64. The van der Waals surface area contributed by atoms with Crippen molar-refractivity contribution in [2.24, 2.45) is 0 Å². The molecule has 0 N–H and O–H groups in total. The number of benzene rings is 6. The molecule has 4 heterocycles. The van der Waals surface area contributed by atoms with Crippen LogP contribution in [0.5, 0.6) is 0 Å². The van der Waals surface area contributed by atoms with Gasteiger partial charge in [-0.2, -0.15) is 0 Å². The van der Waals surface area contributed by atoms with Gasteiger partial charge in [0.25, 0.3) is 11.8 Å². The van der Waals surface area contributed by atoms with Crippen molar-refractivity contribution in [3.8, 4) is 0 Å². The number of carbonyl (C=O) groups excluding carboxylic acids is 2. The van der Waals surface area contributed by atoms with Gasteiger partial charge in [-0.1, -0.05) is 182 Å². The van der Waals surface area contributed by atoms with Gasteiger partial charge in [-0.25, -0.2) is 0 Å². The fraction of sp³-hybridized carbons (Fsp3) is 0.115. The summed E-state index contributed by atoms with van der Waals surface area (Å²) in [5, 5.41) is 0. The number of halogens is 2. The zero-order chi connectivity index (χ0) is 39.2. The fourth-order valence-corrected chi connectivity index (χ4v) is 12.9. The molecular formula is C52H36I2N2O2. The van der Waals surface area contributed by atoms with Crippen LogP contribution in [0, 0.1) is 0 Å². The van der Waals surface area contributed by atoms with E-state index in [1.165, 1.54) is 44.5 Å². The monoisotopic (exact) mass is 974 g/mol. The van der Waals surface area contributed by atoms with E-state index in [-0.39, 0.29) is 23.7 Å². The van der Waals surface area contributed by atoms with Gasteiger partial charge in [0.15, 0.2) is 0 Å². The number of hydrogen-bond acceptors (Lipinski definition) is 2. The Kier molecular flexibility index (Phi) is 8.42. The molecule has 6 aliphatic rings. The Morgan fingerprint density at radius 1 is 0.448 bits per heavy atom.